The van der Waals surface area contributed by atoms with E-state index in [1.54, 1.807) is 0 Å². The Morgan fingerprint density at radius 3 is 1.93 bits per heavy atom. The average molecular weight is 415 g/mol. The Hall–Kier alpha value is -0.460. The number of unbranched alkanes of at least 4 members (excludes halogenated alkanes) is 12. The van der Waals surface area contributed by atoms with E-state index in [0.29, 0.717) is 6.61 Å². The van der Waals surface area contributed by atoms with Gasteiger partial charge in [0.15, 0.2) is 0 Å². The van der Waals surface area contributed by atoms with E-state index in [0.717, 1.165) is 12.8 Å². The van der Waals surface area contributed by atoms with E-state index < -0.39 is 24.4 Å². The molecule has 1 aliphatic rings. The van der Waals surface area contributed by atoms with E-state index in [2.05, 4.69) is 19.1 Å². The molecule has 3 N–H and O–H groups in total. The molecular formula is C24H46O5. The van der Waals surface area contributed by atoms with Crippen LogP contribution in [0, 0.1) is 0 Å². The second kappa shape index (κ2) is 18.3. The molecule has 0 aliphatic carbocycles. The van der Waals surface area contributed by atoms with E-state index in [1.807, 2.05) is 0 Å². The Labute approximate surface area is 178 Å². The second-order valence-corrected chi connectivity index (χ2v) is 8.43. The number of ether oxygens (including phenoxy) is 2. The van der Waals surface area contributed by atoms with Gasteiger partial charge in [0, 0.05) is 6.61 Å². The lowest BCUT2D eigenvalue weighted by molar-refractivity contribution is -0.199. The monoisotopic (exact) mass is 414 g/mol. The number of aliphatic hydroxyl groups is 3. The first-order valence-electron chi connectivity index (χ1n) is 12.0. The van der Waals surface area contributed by atoms with Crippen LogP contribution in [0.4, 0.5) is 0 Å². The summed E-state index contributed by atoms with van der Waals surface area (Å²) in [5, 5.41) is 28.9. The van der Waals surface area contributed by atoms with Gasteiger partial charge in [-0.2, -0.15) is 0 Å². The molecule has 0 aromatic rings. The first-order valence-corrected chi connectivity index (χ1v) is 12.0. The highest BCUT2D eigenvalue weighted by Crippen LogP contribution is 2.16. The minimum atomic E-state index is -1.16. The summed E-state index contributed by atoms with van der Waals surface area (Å²) >= 11 is 0. The van der Waals surface area contributed by atoms with Crippen LogP contribution in [0.1, 0.15) is 96.8 Å². The smallest absolute Gasteiger partial charge is 0.111 e. The second-order valence-electron chi connectivity index (χ2n) is 8.43. The number of aliphatic hydroxyl groups excluding tert-OH is 3. The minimum Gasteiger partial charge on any atom is -0.388 e. The molecule has 29 heavy (non-hydrogen) atoms. The SMILES string of the molecule is CCCCCCCCCCCCC/C=C/CCCOC[C@H]1OC[C@H](O)[C@@H](O)[C@@H]1O. The van der Waals surface area contributed by atoms with Crippen molar-refractivity contribution in [1.29, 1.82) is 0 Å². The summed E-state index contributed by atoms with van der Waals surface area (Å²) in [4.78, 5) is 0. The van der Waals surface area contributed by atoms with Gasteiger partial charge in [0.1, 0.15) is 24.4 Å². The molecule has 5 heteroatoms. The van der Waals surface area contributed by atoms with Crippen LogP contribution in [-0.2, 0) is 9.47 Å². The zero-order valence-corrected chi connectivity index (χ0v) is 18.6. The third-order valence-corrected chi connectivity index (χ3v) is 5.69. The van der Waals surface area contributed by atoms with E-state index in [9.17, 15) is 15.3 Å². The molecule has 4 atom stereocenters. The summed E-state index contributed by atoms with van der Waals surface area (Å²) in [7, 11) is 0. The molecule has 1 aliphatic heterocycles. The Morgan fingerprint density at radius 1 is 0.759 bits per heavy atom. The van der Waals surface area contributed by atoms with Gasteiger partial charge in [-0.05, 0) is 25.7 Å². The van der Waals surface area contributed by atoms with Gasteiger partial charge in [-0.1, -0.05) is 83.3 Å². The van der Waals surface area contributed by atoms with Crippen molar-refractivity contribution in [3.8, 4) is 0 Å². The van der Waals surface area contributed by atoms with Crippen LogP contribution in [0.5, 0.6) is 0 Å². The molecule has 0 aromatic carbocycles. The number of rotatable bonds is 18. The lowest BCUT2D eigenvalue weighted by atomic mass is 10.0. The van der Waals surface area contributed by atoms with Crippen molar-refractivity contribution in [2.24, 2.45) is 0 Å². The van der Waals surface area contributed by atoms with Gasteiger partial charge in [0.05, 0.1) is 13.2 Å². The highest BCUT2D eigenvalue weighted by molar-refractivity contribution is 4.86. The van der Waals surface area contributed by atoms with Crippen LogP contribution < -0.4 is 0 Å². The molecule has 0 aromatic heterocycles. The summed E-state index contributed by atoms with van der Waals surface area (Å²) < 4.78 is 10.8. The molecule has 0 radical (unpaired) electrons. The standard InChI is InChI=1S/C24H46O5/c1-2-3-4-5-6-7-8-9-10-11-12-13-14-15-16-17-18-28-20-22-24(27)23(26)21(25)19-29-22/h14-15,21-27H,2-13,16-20H2,1H3/b15-14+/t21-,22+,23+,24+/m0/s1. The molecule has 5 nitrogen and oxygen atoms in total. The maximum atomic E-state index is 9.83. The van der Waals surface area contributed by atoms with Gasteiger partial charge in [0.2, 0.25) is 0 Å². The summed E-state index contributed by atoms with van der Waals surface area (Å²) in [6.45, 7) is 3.15. The fraction of sp³-hybridized carbons (Fsp3) is 0.917. The zero-order chi connectivity index (χ0) is 21.2. The quantitative estimate of drug-likeness (QED) is 0.227. The number of hydrogen-bond donors (Lipinski definition) is 3. The first-order chi connectivity index (χ1) is 14.2. The molecule has 1 rings (SSSR count). The van der Waals surface area contributed by atoms with Crippen molar-refractivity contribution in [2.45, 2.75) is 121 Å². The van der Waals surface area contributed by atoms with E-state index in [4.69, 9.17) is 9.47 Å². The Balaban J connectivity index is 1.81. The largest absolute Gasteiger partial charge is 0.388 e. The van der Waals surface area contributed by atoms with Crippen LogP contribution in [0.2, 0.25) is 0 Å². The topological polar surface area (TPSA) is 79.2 Å². The highest BCUT2D eigenvalue weighted by Gasteiger charge is 2.37. The third-order valence-electron chi connectivity index (χ3n) is 5.69. The highest BCUT2D eigenvalue weighted by atomic mass is 16.6. The van der Waals surface area contributed by atoms with Crippen LogP contribution in [-0.4, -0.2) is 59.6 Å². The van der Waals surface area contributed by atoms with Crippen molar-refractivity contribution in [1.82, 2.24) is 0 Å². The molecule has 0 saturated carbocycles. The minimum absolute atomic E-state index is 0.0358. The average Bonchev–Trinajstić information content (AvgIpc) is 2.72. The van der Waals surface area contributed by atoms with Crippen molar-refractivity contribution >= 4 is 0 Å². The summed E-state index contributed by atoms with van der Waals surface area (Å²) in [5.74, 6) is 0. The van der Waals surface area contributed by atoms with Gasteiger partial charge in [0.25, 0.3) is 0 Å². The number of allylic oxidation sites excluding steroid dienone is 2. The molecule has 1 heterocycles. The Morgan fingerprint density at radius 2 is 1.31 bits per heavy atom. The van der Waals surface area contributed by atoms with Gasteiger partial charge in [-0.25, -0.2) is 0 Å². The maximum absolute atomic E-state index is 9.83. The van der Waals surface area contributed by atoms with Crippen LogP contribution >= 0.6 is 0 Å². The molecule has 1 saturated heterocycles. The van der Waals surface area contributed by atoms with Crippen LogP contribution in [0.15, 0.2) is 12.2 Å². The van der Waals surface area contributed by atoms with Gasteiger partial charge in [-0.15, -0.1) is 0 Å². The Bertz CT molecular complexity index is 387. The van der Waals surface area contributed by atoms with Crippen molar-refractivity contribution in [3.05, 3.63) is 12.2 Å². The maximum Gasteiger partial charge on any atom is 0.111 e. The summed E-state index contributed by atoms with van der Waals surface area (Å²) in [6.07, 6.45) is 19.0. The Kier molecular flexibility index (Phi) is 16.8. The normalized spacial score (nSPS) is 25.1. The molecule has 172 valence electrons. The van der Waals surface area contributed by atoms with Crippen molar-refractivity contribution < 1.29 is 24.8 Å². The van der Waals surface area contributed by atoms with Crippen molar-refractivity contribution in [3.63, 3.8) is 0 Å². The van der Waals surface area contributed by atoms with E-state index in [-0.39, 0.29) is 13.2 Å². The molecule has 0 spiro atoms. The lowest BCUT2D eigenvalue weighted by Crippen LogP contribution is -2.54. The number of hydrogen-bond acceptors (Lipinski definition) is 5. The zero-order valence-electron chi connectivity index (χ0n) is 18.6. The molecule has 0 amide bonds. The predicted molar refractivity (Wildman–Crippen MR) is 118 cm³/mol. The summed E-state index contributed by atoms with van der Waals surface area (Å²) in [6, 6.07) is 0. The van der Waals surface area contributed by atoms with Crippen LogP contribution in [0.25, 0.3) is 0 Å². The van der Waals surface area contributed by atoms with Gasteiger partial charge >= 0.3 is 0 Å². The lowest BCUT2D eigenvalue weighted by Gasteiger charge is -2.35. The molecular weight excluding hydrogens is 368 g/mol. The van der Waals surface area contributed by atoms with Crippen molar-refractivity contribution in [2.75, 3.05) is 19.8 Å². The fourth-order valence-electron chi connectivity index (χ4n) is 3.68. The van der Waals surface area contributed by atoms with Gasteiger partial charge < -0.3 is 24.8 Å². The predicted octanol–water partition coefficient (Wildman–Crippen LogP) is 4.52. The molecule has 0 bridgehead atoms. The molecule has 1 fully saturated rings. The van der Waals surface area contributed by atoms with E-state index >= 15 is 0 Å². The van der Waals surface area contributed by atoms with Gasteiger partial charge in [-0.3, -0.25) is 0 Å². The van der Waals surface area contributed by atoms with E-state index in [1.165, 1.54) is 77.0 Å². The fourth-order valence-corrected chi connectivity index (χ4v) is 3.68. The molecule has 0 unspecified atom stereocenters. The summed E-state index contributed by atoms with van der Waals surface area (Å²) in [5.41, 5.74) is 0. The van der Waals surface area contributed by atoms with Crippen LogP contribution in [0.3, 0.4) is 0 Å². The first kappa shape index (κ1) is 26.6. The third kappa shape index (κ3) is 13.5.